The molecule has 4 heteroatoms. The third kappa shape index (κ3) is 6.05. The molecule has 3 aromatic carbocycles. The predicted octanol–water partition coefficient (Wildman–Crippen LogP) is 5.67. The molecule has 0 saturated heterocycles. The first-order valence-corrected chi connectivity index (χ1v) is 10.6. The van der Waals surface area contributed by atoms with Crippen molar-refractivity contribution >= 4 is 12.1 Å². The van der Waals surface area contributed by atoms with Crippen LogP contribution in [-0.2, 0) is 10.2 Å². The van der Waals surface area contributed by atoms with Gasteiger partial charge in [0.05, 0.1) is 6.21 Å². The zero-order chi connectivity index (χ0) is 22.3. The molecule has 0 heterocycles. The summed E-state index contributed by atoms with van der Waals surface area (Å²) in [4.78, 5) is 12.0. The first-order valence-electron chi connectivity index (χ1n) is 10.6. The number of hydrogen-bond acceptors (Lipinski definition) is 3. The Labute approximate surface area is 185 Å². The Morgan fingerprint density at radius 3 is 2.16 bits per heavy atom. The second-order valence-corrected chi connectivity index (χ2v) is 8.42. The second-order valence-electron chi connectivity index (χ2n) is 8.42. The normalized spacial score (nSPS) is 11.6. The Kier molecular flexibility index (Phi) is 7.24. The Hall–Kier alpha value is -3.40. The van der Waals surface area contributed by atoms with Crippen LogP contribution in [0.1, 0.15) is 55.9 Å². The summed E-state index contributed by atoms with van der Waals surface area (Å²) in [6, 6.07) is 26.4. The van der Waals surface area contributed by atoms with E-state index < -0.39 is 0 Å². The van der Waals surface area contributed by atoms with E-state index in [1.807, 2.05) is 42.5 Å². The molecule has 3 rings (SSSR count). The summed E-state index contributed by atoms with van der Waals surface area (Å²) < 4.78 is 5.60. The Morgan fingerprint density at radius 1 is 0.935 bits per heavy atom. The average Bonchev–Trinajstić information content (AvgIpc) is 2.79. The van der Waals surface area contributed by atoms with Crippen molar-refractivity contribution in [1.29, 1.82) is 0 Å². The first-order chi connectivity index (χ1) is 14.9. The number of hydrazone groups is 1. The quantitative estimate of drug-likeness (QED) is 0.382. The molecule has 0 aliphatic heterocycles. The van der Waals surface area contributed by atoms with Gasteiger partial charge in [0.1, 0.15) is 5.75 Å². The van der Waals surface area contributed by atoms with Crippen LogP contribution in [0, 0.1) is 0 Å². The van der Waals surface area contributed by atoms with Crippen molar-refractivity contribution in [2.24, 2.45) is 5.10 Å². The number of nitrogens with zero attached hydrogens (tertiary/aromatic N) is 1. The fourth-order valence-corrected chi connectivity index (χ4v) is 3.32. The third-order valence-corrected chi connectivity index (χ3v) is 5.45. The lowest BCUT2D eigenvalue weighted by molar-refractivity contribution is -0.123. The van der Waals surface area contributed by atoms with Gasteiger partial charge in [0.25, 0.3) is 5.91 Å². The van der Waals surface area contributed by atoms with Gasteiger partial charge in [-0.25, -0.2) is 5.43 Å². The fourth-order valence-electron chi connectivity index (χ4n) is 3.32. The van der Waals surface area contributed by atoms with Crippen molar-refractivity contribution in [3.8, 4) is 5.75 Å². The number of nitrogens with one attached hydrogen (secondary N) is 1. The number of amides is 1. The molecule has 1 amide bonds. The second kappa shape index (κ2) is 10.1. The minimum absolute atomic E-state index is 0.0922. The number of ether oxygens (including phenoxy) is 1. The minimum atomic E-state index is -0.302. The average molecular weight is 415 g/mol. The molecule has 0 radical (unpaired) electrons. The SMILES string of the molecule is CC(C)c1ccc(C=NNC(=O)COc2ccc(C(C)(C)c3ccccc3)cc2)cc1. The maximum atomic E-state index is 12.0. The highest BCUT2D eigenvalue weighted by Gasteiger charge is 2.22. The molecule has 0 aliphatic rings. The highest BCUT2D eigenvalue weighted by molar-refractivity contribution is 5.82. The molecule has 4 nitrogen and oxygen atoms in total. The number of benzene rings is 3. The van der Waals surface area contributed by atoms with Gasteiger partial charge in [0, 0.05) is 5.41 Å². The van der Waals surface area contributed by atoms with Crippen LogP contribution in [0.15, 0.2) is 84.0 Å². The van der Waals surface area contributed by atoms with Crippen LogP contribution in [0.5, 0.6) is 5.75 Å². The molecule has 1 N–H and O–H groups in total. The summed E-state index contributed by atoms with van der Waals surface area (Å²) in [5.41, 5.74) is 7.03. The molecular weight excluding hydrogens is 384 g/mol. The largest absolute Gasteiger partial charge is 0.484 e. The van der Waals surface area contributed by atoms with E-state index >= 15 is 0 Å². The van der Waals surface area contributed by atoms with Crippen LogP contribution in [-0.4, -0.2) is 18.7 Å². The minimum Gasteiger partial charge on any atom is -0.484 e. The van der Waals surface area contributed by atoms with E-state index in [9.17, 15) is 4.79 Å². The zero-order valence-electron chi connectivity index (χ0n) is 18.6. The lowest BCUT2D eigenvalue weighted by Crippen LogP contribution is -2.24. The number of hydrogen-bond donors (Lipinski definition) is 1. The van der Waals surface area contributed by atoms with Crippen LogP contribution in [0.2, 0.25) is 0 Å². The number of rotatable bonds is 8. The van der Waals surface area contributed by atoms with Gasteiger partial charge in [0.15, 0.2) is 6.61 Å². The monoisotopic (exact) mass is 414 g/mol. The maximum Gasteiger partial charge on any atom is 0.277 e. The lowest BCUT2D eigenvalue weighted by atomic mass is 9.78. The van der Waals surface area contributed by atoms with Crippen molar-refractivity contribution in [2.75, 3.05) is 6.61 Å². The van der Waals surface area contributed by atoms with Gasteiger partial charge in [-0.3, -0.25) is 4.79 Å². The molecule has 0 aromatic heterocycles. The third-order valence-electron chi connectivity index (χ3n) is 5.45. The summed E-state index contributed by atoms with van der Waals surface area (Å²) in [5.74, 6) is 0.834. The van der Waals surface area contributed by atoms with E-state index in [0.29, 0.717) is 11.7 Å². The number of carbonyl (C=O) groups excluding carboxylic acids is 1. The maximum absolute atomic E-state index is 12.0. The molecule has 160 valence electrons. The van der Waals surface area contributed by atoms with Crippen molar-refractivity contribution in [1.82, 2.24) is 5.43 Å². The van der Waals surface area contributed by atoms with Crippen molar-refractivity contribution in [3.63, 3.8) is 0 Å². The van der Waals surface area contributed by atoms with Gasteiger partial charge in [-0.2, -0.15) is 5.10 Å². The van der Waals surface area contributed by atoms with E-state index in [1.165, 1.54) is 16.7 Å². The predicted molar refractivity (Wildman–Crippen MR) is 127 cm³/mol. The van der Waals surface area contributed by atoms with Crippen molar-refractivity contribution in [3.05, 3.63) is 101 Å². The molecular formula is C27H30N2O2. The summed E-state index contributed by atoms with van der Waals surface area (Å²) in [6.45, 7) is 8.60. The molecule has 0 spiro atoms. The van der Waals surface area contributed by atoms with E-state index in [4.69, 9.17) is 4.74 Å². The van der Waals surface area contributed by atoms with Gasteiger partial charge in [0.2, 0.25) is 0 Å². The van der Waals surface area contributed by atoms with E-state index in [1.54, 1.807) is 6.21 Å². The fraction of sp³-hybridized carbons (Fsp3) is 0.259. The van der Waals surface area contributed by atoms with Crippen LogP contribution in [0.4, 0.5) is 0 Å². The Morgan fingerprint density at radius 2 is 1.55 bits per heavy atom. The molecule has 3 aromatic rings. The highest BCUT2D eigenvalue weighted by atomic mass is 16.5. The highest BCUT2D eigenvalue weighted by Crippen LogP contribution is 2.32. The van der Waals surface area contributed by atoms with Gasteiger partial charge in [-0.05, 0) is 40.3 Å². The van der Waals surface area contributed by atoms with Gasteiger partial charge in [-0.1, -0.05) is 94.4 Å². The van der Waals surface area contributed by atoms with Gasteiger partial charge >= 0.3 is 0 Å². The Balaban J connectivity index is 1.50. The van der Waals surface area contributed by atoms with Gasteiger partial charge in [-0.15, -0.1) is 0 Å². The summed E-state index contributed by atoms with van der Waals surface area (Å²) in [5, 5.41) is 4.00. The lowest BCUT2D eigenvalue weighted by Gasteiger charge is -2.26. The molecule has 0 aliphatic carbocycles. The molecule has 0 bridgehead atoms. The van der Waals surface area contributed by atoms with Crippen LogP contribution in [0.25, 0.3) is 0 Å². The van der Waals surface area contributed by atoms with Crippen molar-refractivity contribution in [2.45, 2.75) is 39.0 Å². The number of carbonyl (C=O) groups is 1. The zero-order valence-corrected chi connectivity index (χ0v) is 18.6. The summed E-state index contributed by atoms with van der Waals surface area (Å²) >= 11 is 0. The first kappa shape index (κ1) is 22.3. The van der Waals surface area contributed by atoms with Gasteiger partial charge < -0.3 is 4.74 Å². The summed E-state index contributed by atoms with van der Waals surface area (Å²) in [7, 11) is 0. The Bertz CT molecular complexity index is 1010. The smallest absolute Gasteiger partial charge is 0.277 e. The topological polar surface area (TPSA) is 50.7 Å². The standard InChI is InChI=1S/C27H30N2O2/c1-20(2)22-12-10-21(11-13-22)18-28-29-26(30)19-31-25-16-14-24(15-17-25)27(3,4)23-8-6-5-7-9-23/h5-18,20H,19H2,1-4H3,(H,29,30). The van der Waals surface area contributed by atoms with E-state index in [-0.39, 0.29) is 17.9 Å². The van der Waals surface area contributed by atoms with Crippen molar-refractivity contribution < 1.29 is 9.53 Å². The van der Waals surface area contributed by atoms with Crippen LogP contribution >= 0.6 is 0 Å². The van der Waals surface area contributed by atoms with Crippen LogP contribution < -0.4 is 10.2 Å². The van der Waals surface area contributed by atoms with E-state index in [0.717, 1.165) is 5.56 Å². The molecule has 31 heavy (non-hydrogen) atoms. The molecule has 0 unspecified atom stereocenters. The molecule has 0 fully saturated rings. The van der Waals surface area contributed by atoms with E-state index in [2.05, 4.69) is 74.6 Å². The van der Waals surface area contributed by atoms with Crippen LogP contribution in [0.3, 0.4) is 0 Å². The molecule has 0 saturated carbocycles. The molecule has 0 atom stereocenters. The summed E-state index contributed by atoms with van der Waals surface area (Å²) in [6.07, 6.45) is 1.63.